The lowest BCUT2D eigenvalue weighted by molar-refractivity contribution is 0.765. The molecule has 0 amide bonds. The van der Waals surface area contributed by atoms with Gasteiger partial charge >= 0.3 is 0 Å². The van der Waals surface area contributed by atoms with Crippen molar-refractivity contribution in [3.63, 3.8) is 0 Å². The number of thioether (sulfide) groups is 1. The number of aromatic nitrogens is 3. The molecule has 0 aromatic carbocycles. The van der Waals surface area contributed by atoms with Crippen LogP contribution in [0, 0.1) is 12.3 Å². The Morgan fingerprint density at radius 3 is 2.82 bits per heavy atom. The first kappa shape index (κ1) is 13.6. The highest BCUT2D eigenvalue weighted by molar-refractivity contribution is 7.99. The number of nitrogen functional groups attached to an aromatic ring is 1. The largest absolute Gasteiger partial charge is 0.368 e. The summed E-state index contributed by atoms with van der Waals surface area (Å²) in [5, 5.41) is 3.11. The highest BCUT2D eigenvalue weighted by atomic mass is 32.2. The third-order valence-electron chi connectivity index (χ3n) is 1.90. The molecule has 92 valence electrons. The van der Waals surface area contributed by atoms with Gasteiger partial charge in [-0.2, -0.15) is 15.0 Å². The second-order valence-electron chi connectivity index (χ2n) is 3.71. The van der Waals surface area contributed by atoms with E-state index in [-0.39, 0.29) is 11.9 Å². The predicted molar refractivity (Wildman–Crippen MR) is 73.0 cm³/mol. The molecule has 0 saturated carbocycles. The Hall–Kier alpha value is -1.48. The van der Waals surface area contributed by atoms with Crippen molar-refractivity contribution in [2.45, 2.75) is 19.8 Å². The normalized spacial score (nSPS) is 10.2. The molecule has 0 aliphatic heterocycles. The smallest absolute Gasteiger partial charge is 0.227 e. The van der Waals surface area contributed by atoms with E-state index in [0.717, 1.165) is 18.1 Å². The molecule has 1 heterocycles. The van der Waals surface area contributed by atoms with E-state index in [1.165, 1.54) is 0 Å². The maximum absolute atomic E-state index is 5.62. The van der Waals surface area contributed by atoms with Gasteiger partial charge in [0, 0.05) is 18.2 Å². The molecule has 0 bridgehead atoms. The van der Waals surface area contributed by atoms with Gasteiger partial charge in [-0.15, -0.1) is 18.2 Å². The molecular weight excluding hydrogens is 234 g/mol. The van der Waals surface area contributed by atoms with Crippen molar-refractivity contribution in [3.8, 4) is 12.3 Å². The minimum Gasteiger partial charge on any atom is -0.368 e. The number of terminal acetylenes is 1. The Balaban J connectivity index is 2.50. The van der Waals surface area contributed by atoms with E-state index < -0.39 is 0 Å². The van der Waals surface area contributed by atoms with Crippen molar-refractivity contribution in [2.24, 2.45) is 0 Å². The minimum absolute atomic E-state index is 0.233. The summed E-state index contributed by atoms with van der Waals surface area (Å²) in [4.78, 5) is 12.4. The Labute approximate surface area is 106 Å². The van der Waals surface area contributed by atoms with Crippen LogP contribution in [0.3, 0.4) is 0 Å². The number of nitrogens with one attached hydrogen (secondary N) is 1. The van der Waals surface area contributed by atoms with Gasteiger partial charge in [0.15, 0.2) is 0 Å². The summed E-state index contributed by atoms with van der Waals surface area (Å²) in [5.41, 5.74) is 5.62. The Morgan fingerprint density at radius 1 is 1.41 bits per heavy atom. The quantitative estimate of drug-likeness (QED) is 0.587. The third-order valence-corrected chi connectivity index (χ3v) is 2.76. The fraction of sp³-hybridized carbons (Fsp3) is 0.545. The number of anilines is 2. The van der Waals surface area contributed by atoms with Gasteiger partial charge in [0.1, 0.15) is 5.82 Å². The van der Waals surface area contributed by atoms with Crippen LogP contribution < -0.4 is 11.1 Å². The lowest BCUT2D eigenvalue weighted by atomic mass is 10.2. The predicted octanol–water partition coefficient (Wildman–Crippen LogP) is 1.36. The first-order chi connectivity index (χ1) is 8.13. The molecule has 0 fully saturated rings. The summed E-state index contributed by atoms with van der Waals surface area (Å²) in [7, 11) is 0. The van der Waals surface area contributed by atoms with Crippen molar-refractivity contribution in [2.75, 3.05) is 29.1 Å². The second-order valence-corrected chi connectivity index (χ2v) is 4.82. The minimum atomic E-state index is 0.233. The van der Waals surface area contributed by atoms with E-state index in [1.807, 2.05) is 13.8 Å². The molecule has 0 radical (unpaired) electrons. The van der Waals surface area contributed by atoms with Gasteiger partial charge in [-0.1, -0.05) is 19.8 Å². The topological polar surface area (TPSA) is 76.7 Å². The molecule has 5 nitrogen and oxygen atoms in total. The Bertz CT molecular complexity index is 399. The van der Waals surface area contributed by atoms with Crippen molar-refractivity contribution in [3.05, 3.63) is 5.82 Å². The molecule has 6 heteroatoms. The molecule has 0 atom stereocenters. The summed E-state index contributed by atoms with van der Waals surface area (Å²) < 4.78 is 0. The molecule has 1 aromatic heterocycles. The van der Waals surface area contributed by atoms with E-state index >= 15 is 0 Å². The van der Waals surface area contributed by atoms with Gasteiger partial charge < -0.3 is 11.1 Å². The van der Waals surface area contributed by atoms with E-state index in [4.69, 9.17) is 12.2 Å². The Kier molecular flexibility index (Phi) is 5.57. The SMILES string of the molecule is C#CCSCCNc1nc(N)nc(C(C)C)n1. The summed E-state index contributed by atoms with van der Waals surface area (Å²) in [6, 6.07) is 0. The van der Waals surface area contributed by atoms with Crippen LogP contribution in [0.15, 0.2) is 0 Å². The molecule has 0 aliphatic rings. The average molecular weight is 251 g/mol. The van der Waals surface area contributed by atoms with Gasteiger partial charge in [-0.25, -0.2) is 0 Å². The zero-order valence-corrected chi connectivity index (χ0v) is 10.9. The molecule has 0 saturated heterocycles. The van der Waals surface area contributed by atoms with Crippen LogP contribution in [-0.2, 0) is 0 Å². The van der Waals surface area contributed by atoms with E-state index in [2.05, 4.69) is 26.2 Å². The van der Waals surface area contributed by atoms with Crippen molar-refractivity contribution >= 4 is 23.7 Å². The molecule has 1 rings (SSSR count). The van der Waals surface area contributed by atoms with Crippen molar-refractivity contribution in [1.82, 2.24) is 15.0 Å². The number of nitrogens with two attached hydrogens (primary N) is 1. The Morgan fingerprint density at radius 2 is 2.18 bits per heavy atom. The maximum atomic E-state index is 5.62. The fourth-order valence-corrected chi connectivity index (χ4v) is 1.62. The zero-order valence-electron chi connectivity index (χ0n) is 10.1. The summed E-state index contributed by atoms with van der Waals surface area (Å²) in [6.07, 6.45) is 5.15. The van der Waals surface area contributed by atoms with Crippen LogP contribution in [0.2, 0.25) is 0 Å². The first-order valence-corrected chi connectivity index (χ1v) is 6.55. The summed E-state index contributed by atoms with van der Waals surface area (Å²) in [5.74, 6) is 5.92. The van der Waals surface area contributed by atoms with Gasteiger partial charge in [0.05, 0.1) is 5.75 Å². The van der Waals surface area contributed by atoms with E-state index in [0.29, 0.717) is 11.8 Å². The van der Waals surface area contributed by atoms with E-state index in [9.17, 15) is 0 Å². The number of rotatable bonds is 6. The molecule has 0 unspecified atom stereocenters. The lowest BCUT2D eigenvalue weighted by Gasteiger charge is -2.08. The first-order valence-electron chi connectivity index (χ1n) is 5.40. The number of hydrogen-bond donors (Lipinski definition) is 2. The number of nitrogens with zero attached hydrogens (tertiary/aromatic N) is 3. The molecular formula is C11H17N5S. The van der Waals surface area contributed by atoms with Crippen LogP contribution in [0.25, 0.3) is 0 Å². The average Bonchev–Trinajstić information content (AvgIpc) is 2.28. The van der Waals surface area contributed by atoms with Crippen LogP contribution in [0.5, 0.6) is 0 Å². The zero-order chi connectivity index (χ0) is 12.7. The van der Waals surface area contributed by atoms with Crippen LogP contribution in [0.4, 0.5) is 11.9 Å². The van der Waals surface area contributed by atoms with Gasteiger partial charge in [-0.3, -0.25) is 0 Å². The van der Waals surface area contributed by atoms with Crippen LogP contribution in [0.1, 0.15) is 25.6 Å². The van der Waals surface area contributed by atoms with Crippen LogP contribution in [-0.4, -0.2) is 33.0 Å². The molecule has 17 heavy (non-hydrogen) atoms. The van der Waals surface area contributed by atoms with Crippen LogP contribution >= 0.6 is 11.8 Å². The van der Waals surface area contributed by atoms with Gasteiger partial charge in [-0.05, 0) is 0 Å². The molecule has 1 aromatic rings. The van der Waals surface area contributed by atoms with Gasteiger partial charge in [0.25, 0.3) is 0 Å². The summed E-state index contributed by atoms with van der Waals surface area (Å²) >= 11 is 1.69. The third kappa shape index (κ3) is 4.91. The lowest BCUT2D eigenvalue weighted by Crippen LogP contribution is -2.12. The monoisotopic (exact) mass is 251 g/mol. The molecule has 0 spiro atoms. The molecule has 3 N–H and O–H groups in total. The highest BCUT2D eigenvalue weighted by Crippen LogP contribution is 2.11. The van der Waals surface area contributed by atoms with E-state index in [1.54, 1.807) is 11.8 Å². The number of hydrogen-bond acceptors (Lipinski definition) is 6. The van der Waals surface area contributed by atoms with Crippen molar-refractivity contribution < 1.29 is 0 Å². The van der Waals surface area contributed by atoms with Crippen molar-refractivity contribution in [1.29, 1.82) is 0 Å². The fourth-order valence-electron chi connectivity index (χ4n) is 1.11. The summed E-state index contributed by atoms with van der Waals surface area (Å²) in [6.45, 7) is 4.79. The van der Waals surface area contributed by atoms with Gasteiger partial charge in [0.2, 0.25) is 11.9 Å². The maximum Gasteiger partial charge on any atom is 0.227 e. The molecule has 0 aliphatic carbocycles. The second kappa shape index (κ2) is 6.97. The standard InChI is InChI=1S/C11H17N5S/c1-4-6-17-7-5-13-11-15-9(8(2)3)14-10(12)16-11/h1,8H,5-7H2,2-3H3,(H3,12,13,14,15,16). The highest BCUT2D eigenvalue weighted by Gasteiger charge is 2.07.